The van der Waals surface area contributed by atoms with Gasteiger partial charge in [0.25, 0.3) is 0 Å². The smallest absolute Gasteiger partial charge is 0.238 e. The highest BCUT2D eigenvalue weighted by Crippen LogP contribution is 2.38. The Balaban J connectivity index is 1.20. The Labute approximate surface area is 182 Å². The quantitative estimate of drug-likeness (QED) is 0.798. The van der Waals surface area contributed by atoms with Gasteiger partial charge in [-0.2, -0.15) is 0 Å². The average Bonchev–Trinajstić information content (AvgIpc) is 3.27. The molecule has 164 valence electrons. The molecule has 2 saturated heterocycles. The van der Waals surface area contributed by atoms with Gasteiger partial charge in [-0.1, -0.05) is 6.07 Å². The maximum Gasteiger partial charge on any atom is 0.238 e. The summed E-state index contributed by atoms with van der Waals surface area (Å²) in [5.41, 5.74) is 3.18. The predicted molar refractivity (Wildman–Crippen MR) is 119 cm³/mol. The number of hydrogen-bond acceptors (Lipinski definition) is 6. The molecule has 3 aliphatic rings. The molecule has 31 heavy (non-hydrogen) atoms. The largest absolute Gasteiger partial charge is 0.486 e. The first-order valence-corrected chi connectivity index (χ1v) is 11.1. The summed E-state index contributed by atoms with van der Waals surface area (Å²) in [6, 6.07) is 14.5. The lowest BCUT2D eigenvalue weighted by atomic mass is 10.0. The summed E-state index contributed by atoms with van der Waals surface area (Å²) in [6.07, 6.45) is 2.13. The van der Waals surface area contributed by atoms with Crippen molar-refractivity contribution >= 4 is 17.3 Å². The molecule has 2 fully saturated rings. The zero-order valence-electron chi connectivity index (χ0n) is 17.7. The molecule has 1 amide bonds. The van der Waals surface area contributed by atoms with Gasteiger partial charge >= 0.3 is 0 Å². The Bertz CT molecular complexity index is 912. The van der Waals surface area contributed by atoms with Crippen molar-refractivity contribution < 1.29 is 19.0 Å². The number of ether oxygens (including phenoxy) is 3. The summed E-state index contributed by atoms with van der Waals surface area (Å²) in [4.78, 5) is 17.3. The van der Waals surface area contributed by atoms with Crippen LogP contribution in [0.1, 0.15) is 24.4 Å². The standard InChI is InChI=1S/C24H29N3O4/c28-24(25-19-4-6-20(7-5-19)26-10-12-29-13-11-26)17-27-9-1-2-21(27)18-3-8-22-23(16-18)31-15-14-30-22/h3-8,16,21H,1-2,9-15,17H2,(H,25,28)/t21-/m1/s1. The number of anilines is 2. The van der Waals surface area contributed by atoms with Gasteiger partial charge < -0.3 is 24.4 Å². The third-order valence-corrected chi connectivity index (χ3v) is 6.19. The highest BCUT2D eigenvalue weighted by Gasteiger charge is 2.28. The molecule has 0 unspecified atom stereocenters. The lowest BCUT2D eigenvalue weighted by Gasteiger charge is -2.29. The number of fused-ring (bicyclic) bond motifs is 1. The van der Waals surface area contributed by atoms with Crippen LogP contribution in [0.2, 0.25) is 0 Å². The normalized spacial score (nSPS) is 21.2. The van der Waals surface area contributed by atoms with E-state index in [-0.39, 0.29) is 11.9 Å². The number of nitrogens with one attached hydrogen (secondary N) is 1. The van der Waals surface area contributed by atoms with Gasteiger partial charge in [-0.05, 0) is 61.3 Å². The first-order valence-electron chi connectivity index (χ1n) is 11.1. The van der Waals surface area contributed by atoms with Crippen molar-refractivity contribution in [2.45, 2.75) is 18.9 Å². The lowest BCUT2D eigenvalue weighted by Crippen LogP contribution is -2.36. The summed E-state index contributed by atoms with van der Waals surface area (Å²) in [7, 11) is 0. The zero-order chi connectivity index (χ0) is 21.0. The van der Waals surface area contributed by atoms with E-state index in [1.165, 1.54) is 11.3 Å². The number of hydrogen-bond donors (Lipinski definition) is 1. The van der Waals surface area contributed by atoms with E-state index in [1.54, 1.807) is 0 Å². The fourth-order valence-electron chi connectivity index (χ4n) is 4.62. The van der Waals surface area contributed by atoms with Crippen molar-refractivity contribution in [1.29, 1.82) is 0 Å². The predicted octanol–water partition coefficient (Wildman–Crippen LogP) is 3.07. The van der Waals surface area contributed by atoms with Crippen LogP contribution in [0.5, 0.6) is 11.5 Å². The van der Waals surface area contributed by atoms with Crippen LogP contribution in [0, 0.1) is 0 Å². The highest BCUT2D eigenvalue weighted by atomic mass is 16.6. The van der Waals surface area contributed by atoms with E-state index in [9.17, 15) is 4.79 Å². The number of morpholine rings is 1. The van der Waals surface area contributed by atoms with Crippen molar-refractivity contribution in [3.05, 3.63) is 48.0 Å². The van der Waals surface area contributed by atoms with E-state index in [0.717, 1.165) is 62.9 Å². The Morgan fingerprint density at radius 1 is 0.935 bits per heavy atom. The fourth-order valence-corrected chi connectivity index (χ4v) is 4.62. The van der Waals surface area contributed by atoms with Crippen LogP contribution >= 0.6 is 0 Å². The number of likely N-dealkylation sites (tertiary alicyclic amines) is 1. The fraction of sp³-hybridized carbons (Fsp3) is 0.458. The molecule has 5 rings (SSSR count). The van der Waals surface area contributed by atoms with E-state index in [0.29, 0.717) is 19.8 Å². The summed E-state index contributed by atoms with van der Waals surface area (Å²) in [5, 5.41) is 3.05. The molecule has 3 heterocycles. The number of carbonyl (C=O) groups excluding carboxylic acids is 1. The number of nitrogens with zero attached hydrogens (tertiary/aromatic N) is 2. The van der Waals surface area contributed by atoms with Gasteiger partial charge in [-0.3, -0.25) is 9.69 Å². The van der Waals surface area contributed by atoms with Crippen molar-refractivity contribution in [1.82, 2.24) is 4.90 Å². The Morgan fingerprint density at radius 2 is 1.71 bits per heavy atom. The summed E-state index contributed by atoms with van der Waals surface area (Å²) >= 11 is 0. The molecule has 2 aromatic rings. The van der Waals surface area contributed by atoms with Crippen LogP contribution in [0.25, 0.3) is 0 Å². The van der Waals surface area contributed by atoms with Crippen LogP contribution in [0.4, 0.5) is 11.4 Å². The summed E-state index contributed by atoms with van der Waals surface area (Å²) < 4.78 is 16.8. The Morgan fingerprint density at radius 3 is 2.52 bits per heavy atom. The molecule has 0 bridgehead atoms. The average molecular weight is 424 g/mol. The minimum absolute atomic E-state index is 0.0172. The lowest BCUT2D eigenvalue weighted by molar-refractivity contribution is -0.117. The molecule has 0 spiro atoms. The van der Waals surface area contributed by atoms with E-state index in [4.69, 9.17) is 14.2 Å². The first-order chi connectivity index (χ1) is 15.3. The van der Waals surface area contributed by atoms with Crippen molar-refractivity contribution in [2.24, 2.45) is 0 Å². The molecule has 7 nitrogen and oxygen atoms in total. The SMILES string of the molecule is O=C(CN1CCC[C@@H]1c1ccc2c(c1)OCCO2)Nc1ccc(N2CCOCC2)cc1. The Kier molecular flexibility index (Phi) is 5.95. The van der Waals surface area contributed by atoms with Gasteiger partial charge in [0, 0.05) is 30.5 Å². The molecule has 3 aliphatic heterocycles. The highest BCUT2D eigenvalue weighted by molar-refractivity contribution is 5.92. The van der Waals surface area contributed by atoms with Crippen LogP contribution in [0.15, 0.2) is 42.5 Å². The first kappa shape index (κ1) is 20.2. The van der Waals surface area contributed by atoms with E-state index >= 15 is 0 Å². The second-order valence-corrected chi connectivity index (χ2v) is 8.23. The van der Waals surface area contributed by atoms with Crippen molar-refractivity contribution in [2.75, 3.05) is 62.8 Å². The van der Waals surface area contributed by atoms with Gasteiger partial charge in [0.2, 0.25) is 5.91 Å². The minimum atomic E-state index is 0.0172. The monoisotopic (exact) mass is 423 g/mol. The molecule has 0 aliphatic carbocycles. The molecule has 7 heteroatoms. The van der Waals surface area contributed by atoms with Gasteiger partial charge in [-0.25, -0.2) is 0 Å². The molecule has 0 radical (unpaired) electrons. The number of carbonyl (C=O) groups is 1. The molecule has 0 aromatic heterocycles. The van der Waals surface area contributed by atoms with E-state index in [2.05, 4.69) is 39.4 Å². The molecule has 0 saturated carbocycles. The van der Waals surface area contributed by atoms with Gasteiger partial charge in [0.1, 0.15) is 13.2 Å². The molecule has 1 N–H and O–H groups in total. The van der Waals surface area contributed by atoms with Gasteiger partial charge in [-0.15, -0.1) is 0 Å². The molecule has 1 atom stereocenters. The minimum Gasteiger partial charge on any atom is -0.486 e. The van der Waals surface area contributed by atoms with Gasteiger partial charge in [0.05, 0.1) is 19.8 Å². The second-order valence-electron chi connectivity index (χ2n) is 8.23. The number of amides is 1. The van der Waals surface area contributed by atoms with E-state index < -0.39 is 0 Å². The van der Waals surface area contributed by atoms with Crippen molar-refractivity contribution in [3.8, 4) is 11.5 Å². The Hall–Kier alpha value is -2.77. The molecule has 2 aromatic carbocycles. The topological polar surface area (TPSA) is 63.3 Å². The number of benzene rings is 2. The van der Waals surface area contributed by atoms with Crippen LogP contribution in [0.3, 0.4) is 0 Å². The third kappa shape index (κ3) is 4.62. The maximum absolute atomic E-state index is 12.7. The third-order valence-electron chi connectivity index (χ3n) is 6.19. The van der Waals surface area contributed by atoms with Gasteiger partial charge in [0.15, 0.2) is 11.5 Å². The summed E-state index contributed by atoms with van der Waals surface area (Å²) in [5.74, 6) is 1.63. The van der Waals surface area contributed by atoms with Crippen LogP contribution in [-0.2, 0) is 9.53 Å². The van der Waals surface area contributed by atoms with Crippen molar-refractivity contribution in [3.63, 3.8) is 0 Å². The molecular formula is C24H29N3O4. The second kappa shape index (κ2) is 9.16. The maximum atomic E-state index is 12.7. The van der Waals surface area contributed by atoms with Crippen LogP contribution < -0.4 is 19.7 Å². The molecular weight excluding hydrogens is 394 g/mol. The number of rotatable bonds is 5. The summed E-state index contributed by atoms with van der Waals surface area (Å²) in [6.45, 7) is 5.81. The van der Waals surface area contributed by atoms with E-state index in [1.807, 2.05) is 18.2 Å². The van der Waals surface area contributed by atoms with Crippen LogP contribution in [-0.4, -0.2) is 63.4 Å². The zero-order valence-corrected chi connectivity index (χ0v) is 17.7.